The van der Waals surface area contributed by atoms with Crippen LogP contribution in [-0.2, 0) is 9.53 Å². The first-order valence-corrected chi connectivity index (χ1v) is 5.43. The Balaban J connectivity index is 2.88. The SMILES string of the molecule is CC[C@H](C)[C@H](O)[C@@]1(C)OC(=O)[C@H](C)[C@@H]1O. The number of esters is 1. The van der Waals surface area contributed by atoms with Crippen LogP contribution >= 0.6 is 0 Å². The predicted molar refractivity (Wildman–Crippen MR) is 55.1 cm³/mol. The molecule has 0 amide bonds. The van der Waals surface area contributed by atoms with E-state index in [1.807, 2.05) is 13.8 Å². The molecule has 1 saturated heterocycles. The number of cyclic esters (lactones) is 1. The van der Waals surface area contributed by atoms with Gasteiger partial charge in [0, 0.05) is 0 Å². The quantitative estimate of drug-likeness (QED) is 0.682. The summed E-state index contributed by atoms with van der Waals surface area (Å²) < 4.78 is 5.12. The fraction of sp³-hybridized carbons (Fsp3) is 0.909. The van der Waals surface area contributed by atoms with Gasteiger partial charge in [-0.05, 0) is 19.8 Å². The second-order valence-electron chi connectivity index (χ2n) is 4.67. The highest BCUT2D eigenvalue weighted by molar-refractivity contribution is 5.76. The third kappa shape index (κ3) is 1.88. The second kappa shape index (κ2) is 4.10. The van der Waals surface area contributed by atoms with Gasteiger partial charge in [0.1, 0.15) is 6.10 Å². The van der Waals surface area contributed by atoms with E-state index in [9.17, 15) is 15.0 Å². The lowest BCUT2D eigenvalue weighted by Gasteiger charge is -2.35. The predicted octanol–water partition coefficient (Wildman–Crippen LogP) is 0.706. The van der Waals surface area contributed by atoms with E-state index in [2.05, 4.69) is 0 Å². The average molecular weight is 216 g/mol. The van der Waals surface area contributed by atoms with E-state index in [0.29, 0.717) is 0 Å². The summed E-state index contributed by atoms with van der Waals surface area (Å²) >= 11 is 0. The van der Waals surface area contributed by atoms with Crippen molar-refractivity contribution in [2.24, 2.45) is 11.8 Å². The molecule has 0 aliphatic carbocycles. The first kappa shape index (κ1) is 12.5. The molecule has 1 heterocycles. The van der Waals surface area contributed by atoms with E-state index in [4.69, 9.17) is 4.74 Å². The maximum absolute atomic E-state index is 11.3. The zero-order chi connectivity index (χ0) is 11.8. The van der Waals surface area contributed by atoms with Crippen LogP contribution in [0.2, 0.25) is 0 Å². The van der Waals surface area contributed by atoms with Crippen molar-refractivity contribution >= 4 is 5.97 Å². The van der Waals surface area contributed by atoms with Crippen molar-refractivity contribution < 1.29 is 19.7 Å². The first-order chi connectivity index (χ1) is 6.84. The Bertz CT molecular complexity index is 253. The molecular formula is C11H20O4. The largest absolute Gasteiger partial charge is 0.453 e. The Kier molecular flexibility index (Phi) is 3.41. The highest BCUT2D eigenvalue weighted by atomic mass is 16.6. The highest BCUT2D eigenvalue weighted by Crippen LogP contribution is 2.37. The second-order valence-corrected chi connectivity index (χ2v) is 4.67. The third-order valence-electron chi connectivity index (χ3n) is 3.52. The summed E-state index contributed by atoms with van der Waals surface area (Å²) in [5.74, 6) is -1.01. The number of ether oxygens (including phenoxy) is 1. The number of carbonyl (C=O) groups excluding carboxylic acids is 1. The molecule has 1 rings (SSSR count). The lowest BCUT2D eigenvalue weighted by molar-refractivity contribution is -0.168. The Morgan fingerprint density at radius 2 is 2.13 bits per heavy atom. The van der Waals surface area contributed by atoms with Gasteiger partial charge in [0.05, 0.1) is 12.0 Å². The van der Waals surface area contributed by atoms with E-state index in [0.717, 1.165) is 6.42 Å². The summed E-state index contributed by atoms with van der Waals surface area (Å²) in [4.78, 5) is 11.3. The van der Waals surface area contributed by atoms with Gasteiger partial charge in [-0.25, -0.2) is 0 Å². The number of aliphatic hydroxyl groups is 2. The minimum absolute atomic E-state index is 0.0113. The van der Waals surface area contributed by atoms with Gasteiger partial charge in [-0.2, -0.15) is 0 Å². The van der Waals surface area contributed by atoms with Crippen molar-refractivity contribution in [3.8, 4) is 0 Å². The van der Waals surface area contributed by atoms with Crippen LogP contribution in [0.4, 0.5) is 0 Å². The van der Waals surface area contributed by atoms with Crippen molar-refractivity contribution in [1.29, 1.82) is 0 Å². The molecule has 0 aromatic heterocycles. The molecule has 15 heavy (non-hydrogen) atoms. The smallest absolute Gasteiger partial charge is 0.312 e. The molecule has 0 aromatic carbocycles. The molecule has 0 aromatic rings. The maximum Gasteiger partial charge on any atom is 0.312 e. The van der Waals surface area contributed by atoms with Gasteiger partial charge in [0.15, 0.2) is 5.60 Å². The van der Waals surface area contributed by atoms with Gasteiger partial charge in [-0.15, -0.1) is 0 Å². The molecule has 0 bridgehead atoms. The Morgan fingerprint density at radius 3 is 2.47 bits per heavy atom. The summed E-state index contributed by atoms with van der Waals surface area (Å²) in [6.45, 7) is 7.03. The number of hydrogen-bond donors (Lipinski definition) is 2. The van der Waals surface area contributed by atoms with Crippen molar-refractivity contribution in [1.82, 2.24) is 0 Å². The molecule has 0 unspecified atom stereocenters. The van der Waals surface area contributed by atoms with Crippen molar-refractivity contribution in [3.05, 3.63) is 0 Å². The van der Waals surface area contributed by atoms with Crippen LogP contribution in [0.25, 0.3) is 0 Å². The molecule has 4 heteroatoms. The Labute approximate surface area is 90.2 Å². The molecule has 1 aliphatic heterocycles. The molecule has 1 fully saturated rings. The lowest BCUT2D eigenvalue weighted by Crippen LogP contribution is -2.51. The summed E-state index contributed by atoms with van der Waals surface area (Å²) in [5.41, 5.74) is -1.16. The molecule has 0 saturated carbocycles. The fourth-order valence-corrected chi connectivity index (χ4v) is 2.02. The van der Waals surface area contributed by atoms with Crippen LogP contribution in [0.3, 0.4) is 0 Å². The summed E-state index contributed by atoms with van der Waals surface area (Å²) in [6, 6.07) is 0. The van der Waals surface area contributed by atoms with Crippen LogP contribution in [0.1, 0.15) is 34.1 Å². The molecular weight excluding hydrogens is 196 g/mol. The van der Waals surface area contributed by atoms with Crippen molar-refractivity contribution in [3.63, 3.8) is 0 Å². The lowest BCUT2D eigenvalue weighted by atomic mass is 9.82. The van der Waals surface area contributed by atoms with E-state index in [1.165, 1.54) is 0 Å². The van der Waals surface area contributed by atoms with Crippen LogP contribution < -0.4 is 0 Å². The molecule has 5 atom stereocenters. The van der Waals surface area contributed by atoms with E-state index < -0.39 is 29.7 Å². The number of aliphatic hydroxyl groups excluding tert-OH is 2. The number of rotatable bonds is 3. The standard InChI is InChI=1S/C11H20O4/c1-5-6(2)8(12)11(4)9(13)7(3)10(14)15-11/h6-9,12-13H,5H2,1-4H3/t6-,7+,8-,9-,11+/m0/s1. The molecule has 0 radical (unpaired) electrons. The monoisotopic (exact) mass is 216 g/mol. The molecule has 88 valence electrons. The minimum Gasteiger partial charge on any atom is -0.453 e. The summed E-state index contributed by atoms with van der Waals surface area (Å²) in [6.07, 6.45) is -0.990. The highest BCUT2D eigenvalue weighted by Gasteiger charge is 2.55. The van der Waals surface area contributed by atoms with E-state index >= 15 is 0 Å². The van der Waals surface area contributed by atoms with Crippen LogP contribution in [0.15, 0.2) is 0 Å². The number of hydrogen-bond acceptors (Lipinski definition) is 4. The summed E-state index contributed by atoms with van der Waals surface area (Å²) in [7, 11) is 0. The Morgan fingerprint density at radius 1 is 1.60 bits per heavy atom. The minimum atomic E-state index is -1.16. The van der Waals surface area contributed by atoms with Gasteiger partial charge >= 0.3 is 5.97 Å². The van der Waals surface area contributed by atoms with Gasteiger partial charge in [0.2, 0.25) is 0 Å². The van der Waals surface area contributed by atoms with Gasteiger partial charge in [-0.3, -0.25) is 4.79 Å². The van der Waals surface area contributed by atoms with Gasteiger partial charge in [0.25, 0.3) is 0 Å². The fourth-order valence-electron chi connectivity index (χ4n) is 2.02. The topological polar surface area (TPSA) is 66.8 Å². The van der Waals surface area contributed by atoms with Crippen molar-refractivity contribution in [2.75, 3.05) is 0 Å². The third-order valence-corrected chi connectivity index (χ3v) is 3.52. The van der Waals surface area contributed by atoms with Crippen molar-refractivity contribution in [2.45, 2.75) is 51.9 Å². The van der Waals surface area contributed by atoms with Crippen LogP contribution in [0.5, 0.6) is 0 Å². The first-order valence-electron chi connectivity index (χ1n) is 5.43. The normalized spacial score (nSPS) is 40.0. The molecule has 2 N–H and O–H groups in total. The Hall–Kier alpha value is -0.610. The zero-order valence-corrected chi connectivity index (χ0v) is 9.73. The number of carbonyl (C=O) groups is 1. The van der Waals surface area contributed by atoms with Crippen LogP contribution in [-0.4, -0.2) is 34.0 Å². The zero-order valence-electron chi connectivity index (χ0n) is 9.73. The van der Waals surface area contributed by atoms with Crippen LogP contribution in [0, 0.1) is 11.8 Å². The maximum atomic E-state index is 11.3. The van der Waals surface area contributed by atoms with Gasteiger partial charge in [-0.1, -0.05) is 20.3 Å². The average Bonchev–Trinajstić information content (AvgIpc) is 2.41. The van der Waals surface area contributed by atoms with Gasteiger partial charge < -0.3 is 14.9 Å². The molecule has 1 aliphatic rings. The molecule has 0 spiro atoms. The van der Waals surface area contributed by atoms with E-state index in [1.54, 1.807) is 13.8 Å². The molecule has 4 nitrogen and oxygen atoms in total. The summed E-state index contributed by atoms with van der Waals surface area (Å²) in [5, 5.41) is 19.9. The van der Waals surface area contributed by atoms with E-state index in [-0.39, 0.29) is 5.92 Å².